The molecule has 0 aromatic heterocycles. The number of hydrogen-bond acceptors (Lipinski definition) is 5. The van der Waals surface area contributed by atoms with Gasteiger partial charge in [0, 0.05) is 13.1 Å². The third-order valence-electron chi connectivity index (χ3n) is 2.63. The first-order chi connectivity index (χ1) is 8.54. The van der Waals surface area contributed by atoms with E-state index in [1.54, 1.807) is 27.8 Å². The number of nitrogens with zero attached hydrogens (tertiary/aromatic N) is 1. The number of ether oxygens (including phenoxy) is 1. The highest BCUT2D eigenvalue weighted by Crippen LogP contribution is 2.11. The molecule has 0 aromatic rings. The van der Waals surface area contributed by atoms with Crippen molar-refractivity contribution < 1.29 is 19.7 Å². The van der Waals surface area contributed by atoms with Crippen LogP contribution >= 0.6 is 0 Å². The molecule has 0 heterocycles. The lowest BCUT2D eigenvalue weighted by Crippen LogP contribution is -2.47. The molecule has 0 unspecified atom stereocenters. The van der Waals surface area contributed by atoms with Gasteiger partial charge in [-0.25, -0.2) is 4.79 Å². The number of alkyl carbamates (subject to hydrolysis) is 1. The van der Waals surface area contributed by atoms with E-state index < -0.39 is 18.0 Å². The van der Waals surface area contributed by atoms with Gasteiger partial charge >= 0.3 is 6.09 Å². The van der Waals surface area contributed by atoms with Crippen LogP contribution in [0.5, 0.6) is 0 Å². The van der Waals surface area contributed by atoms with Crippen LogP contribution in [0.15, 0.2) is 0 Å². The zero-order valence-electron chi connectivity index (χ0n) is 12.8. The number of nitrogens with one attached hydrogen (secondary N) is 1. The molecular formula is C13H28N2O4. The Bertz CT molecular complexity index is 266. The largest absolute Gasteiger partial charge is 0.444 e. The van der Waals surface area contributed by atoms with E-state index in [-0.39, 0.29) is 12.0 Å². The van der Waals surface area contributed by atoms with Crippen LogP contribution in [-0.4, -0.2) is 59.3 Å². The number of hydrogen-bond donors (Lipinski definition) is 3. The predicted octanol–water partition coefficient (Wildman–Crippen LogP) is 0.778. The molecule has 0 aliphatic heterocycles. The van der Waals surface area contributed by atoms with Gasteiger partial charge < -0.3 is 20.3 Å². The van der Waals surface area contributed by atoms with E-state index in [0.717, 1.165) is 0 Å². The minimum Gasteiger partial charge on any atom is -0.444 e. The zero-order valence-corrected chi connectivity index (χ0v) is 12.8. The molecule has 0 fully saturated rings. The molecule has 0 rings (SSSR count). The summed E-state index contributed by atoms with van der Waals surface area (Å²) in [6.45, 7) is 10.1. The highest BCUT2D eigenvalue weighted by molar-refractivity contribution is 5.67. The van der Waals surface area contributed by atoms with Crippen LogP contribution in [0, 0.1) is 5.92 Å². The number of rotatable bonds is 6. The fourth-order valence-corrected chi connectivity index (χ4v) is 1.88. The van der Waals surface area contributed by atoms with Crippen molar-refractivity contribution in [2.75, 3.05) is 20.1 Å². The normalized spacial score (nSPS) is 14.1. The summed E-state index contributed by atoms with van der Waals surface area (Å²) in [5, 5.41) is 21.3. The van der Waals surface area contributed by atoms with E-state index in [9.17, 15) is 15.0 Å². The van der Waals surface area contributed by atoms with Gasteiger partial charge in [-0.05, 0) is 33.7 Å². The summed E-state index contributed by atoms with van der Waals surface area (Å²) in [6, 6.07) is -0.361. The van der Waals surface area contributed by atoms with Gasteiger partial charge in [0.1, 0.15) is 5.60 Å². The Morgan fingerprint density at radius 3 is 2.21 bits per heavy atom. The average molecular weight is 276 g/mol. The van der Waals surface area contributed by atoms with Crippen molar-refractivity contribution in [2.45, 2.75) is 52.6 Å². The van der Waals surface area contributed by atoms with Crippen molar-refractivity contribution >= 4 is 6.09 Å². The lowest BCUT2D eigenvalue weighted by Gasteiger charge is -2.32. The van der Waals surface area contributed by atoms with Gasteiger partial charge in [0.05, 0.1) is 6.04 Å². The maximum absolute atomic E-state index is 11.4. The van der Waals surface area contributed by atoms with Crippen LogP contribution in [0.3, 0.4) is 0 Å². The molecule has 6 nitrogen and oxygen atoms in total. The SMILES string of the molecule is CC(C)[C@@H](C(O)O)N(C)CCNC(=O)OC(C)(C)C. The van der Waals surface area contributed by atoms with Crippen LogP contribution < -0.4 is 5.32 Å². The smallest absolute Gasteiger partial charge is 0.407 e. The minimum absolute atomic E-state index is 0.103. The van der Waals surface area contributed by atoms with Gasteiger partial charge in [-0.15, -0.1) is 0 Å². The first kappa shape index (κ1) is 18.1. The Labute approximate surface area is 115 Å². The van der Waals surface area contributed by atoms with Crippen molar-refractivity contribution in [2.24, 2.45) is 5.92 Å². The quantitative estimate of drug-likeness (QED) is 0.625. The fraction of sp³-hybridized carbons (Fsp3) is 0.923. The van der Waals surface area contributed by atoms with Gasteiger partial charge in [-0.2, -0.15) is 0 Å². The van der Waals surface area contributed by atoms with Crippen LogP contribution in [0.25, 0.3) is 0 Å². The second-order valence-electron chi connectivity index (χ2n) is 6.06. The Morgan fingerprint density at radius 1 is 1.32 bits per heavy atom. The molecule has 1 amide bonds. The first-order valence-corrected chi connectivity index (χ1v) is 6.58. The van der Waals surface area contributed by atoms with Crippen molar-refractivity contribution in [3.8, 4) is 0 Å². The molecule has 0 saturated heterocycles. The number of carbonyl (C=O) groups excluding carboxylic acids is 1. The Kier molecular flexibility index (Phi) is 7.33. The summed E-state index contributed by atoms with van der Waals surface area (Å²) in [6.07, 6.45) is -1.86. The van der Waals surface area contributed by atoms with Crippen LogP contribution in [0.4, 0.5) is 4.79 Å². The van der Waals surface area contributed by atoms with E-state index in [1.807, 2.05) is 18.7 Å². The van der Waals surface area contributed by atoms with Crippen molar-refractivity contribution in [3.05, 3.63) is 0 Å². The highest BCUT2D eigenvalue weighted by atomic mass is 16.6. The lowest BCUT2D eigenvalue weighted by molar-refractivity contribution is -0.108. The van der Waals surface area contributed by atoms with Gasteiger partial charge in [-0.3, -0.25) is 4.90 Å². The van der Waals surface area contributed by atoms with Crippen LogP contribution in [0.1, 0.15) is 34.6 Å². The molecule has 0 bridgehead atoms. The van der Waals surface area contributed by atoms with Crippen LogP contribution in [-0.2, 0) is 4.74 Å². The third kappa shape index (κ3) is 8.02. The monoisotopic (exact) mass is 276 g/mol. The molecule has 0 aromatic carbocycles. The molecule has 1 atom stereocenters. The second kappa shape index (κ2) is 7.67. The highest BCUT2D eigenvalue weighted by Gasteiger charge is 2.25. The summed E-state index contributed by atoms with van der Waals surface area (Å²) in [5.74, 6) is 0.103. The molecule has 114 valence electrons. The molecule has 0 aliphatic rings. The molecule has 6 heteroatoms. The van der Waals surface area contributed by atoms with Gasteiger partial charge in [0.15, 0.2) is 6.29 Å². The molecular weight excluding hydrogens is 248 g/mol. The topological polar surface area (TPSA) is 82.0 Å². The zero-order chi connectivity index (χ0) is 15.2. The number of amides is 1. The summed E-state index contributed by atoms with van der Waals surface area (Å²) < 4.78 is 5.11. The number of aliphatic hydroxyl groups excluding tert-OH is 1. The molecule has 0 saturated carbocycles. The number of likely N-dealkylation sites (N-methyl/N-ethyl adjacent to an activating group) is 1. The van der Waals surface area contributed by atoms with E-state index in [0.29, 0.717) is 13.1 Å². The average Bonchev–Trinajstić information content (AvgIpc) is 2.12. The van der Waals surface area contributed by atoms with E-state index in [2.05, 4.69) is 5.32 Å². The maximum Gasteiger partial charge on any atom is 0.407 e. The van der Waals surface area contributed by atoms with Gasteiger partial charge in [0.25, 0.3) is 0 Å². The molecule has 19 heavy (non-hydrogen) atoms. The van der Waals surface area contributed by atoms with Crippen molar-refractivity contribution in [3.63, 3.8) is 0 Å². The Morgan fingerprint density at radius 2 is 1.84 bits per heavy atom. The summed E-state index contributed by atoms with van der Waals surface area (Å²) in [4.78, 5) is 13.2. The summed E-state index contributed by atoms with van der Waals surface area (Å²) in [5.41, 5.74) is -0.516. The van der Waals surface area contributed by atoms with E-state index in [1.165, 1.54) is 0 Å². The molecule has 0 radical (unpaired) electrons. The Balaban J connectivity index is 4.09. The number of aliphatic hydroxyl groups is 2. The van der Waals surface area contributed by atoms with E-state index >= 15 is 0 Å². The second-order valence-corrected chi connectivity index (χ2v) is 6.06. The summed E-state index contributed by atoms with van der Waals surface area (Å²) >= 11 is 0. The summed E-state index contributed by atoms with van der Waals surface area (Å²) in [7, 11) is 1.79. The van der Waals surface area contributed by atoms with Crippen LogP contribution in [0.2, 0.25) is 0 Å². The fourth-order valence-electron chi connectivity index (χ4n) is 1.88. The van der Waals surface area contributed by atoms with Gasteiger partial charge in [-0.1, -0.05) is 13.8 Å². The van der Waals surface area contributed by atoms with Gasteiger partial charge in [0.2, 0.25) is 0 Å². The standard InChI is InChI=1S/C13H28N2O4/c1-9(2)10(11(16)17)15(6)8-7-14-12(18)19-13(3,4)5/h9-11,16-17H,7-8H2,1-6H3,(H,14,18)/t10-/m0/s1. The first-order valence-electron chi connectivity index (χ1n) is 6.58. The minimum atomic E-state index is -1.40. The van der Waals surface area contributed by atoms with Crippen molar-refractivity contribution in [1.29, 1.82) is 0 Å². The maximum atomic E-state index is 11.4. The predicted molar refractivity (Wildman–Crippen MR) is 73.7 cm³/mol. The Hall–Kier alpha value is -0.850. The molecule has 0 aliphatic carbocycles. The molecule has 0 spiro atoms. The third-order valence-corrected chi connectivity index (χ3v) is 2.63. The van der Waals surface area contributed by atoms with E-state index in [4.69, 9.17) is 4.74 Å². The molecule has 3 N–H and O–H groups in total. The number of carbonyl (C=O) groups is 1. The van der Waals surface area contributed by atoms with Crippen molar-refractivity contribution in [1.82, 2.24) is 10.2 Å². The lowest BCUT2D eigenvalue weighted by atomic mass is 10.0.